The fourth-order valence-electron chi connectivity index (χ4n) is 1.09. The van der Waals surface area contributed by atoms with E-state index in [1.54, 1.807) is 0 Å². The summed E-state index contributed by atoms with van der Waals surface area (Å²) < 4.78 is 4.93. The summed E-state index contributed by atoms with van der Waals surface area (Å²) in [6.07, 6.45) is 1.47. The van der Waals surface area contributed by atoms with Crippen LogP contribution in [0.4, 0.5) is 0 Å². The number of fused-ring (bicyclic) bond motifs is 1. The van der Waals surface area contributed by atoms with E-state index in [0.717, 1.165) is 16.8 Å². The molecule has 56 valence electrons. The second kappa shape index (κ2) is 2.02. The molecule has 2 aromatic rings. The van der Waals surface area contributed by atoms with Crippen molar-refractivity contribution in [1.82, 2.24) is 15.1 Å². The summed E-state index contributed by atoms with van der Waals surface area (Å²) in [6, 6.07) is 0. The first-order valence-corrected chi connectivity index (χ1v) is 3.32. The molecule has 4 heteroatoms. The van der Waals surface area contributed by atoms with Crippen LogP contribution in [-0.2, 0) is 0 Å². The Labute approximate surface area is 63.2 Å². The Morgan fingerprint density at radius 2 is 2.00 bits per heavy atom. The predicted molar refractivity (Wildman–Crippen MR) is 39.1 cm³/mol. The highest BCUT2D eigenvalue weighted by Gasteiger charge is 2.07. The average Bonchev–Trinajstić information content (AvgIpc) is 2.34. The van der Waals surface area contributed by atoms with E-state index in [2.05, 4.69) is 15.1 Å². The summed E-state index contributed by atoms with van der Waals surface area (Å²) in [5.74, 6) is 0. The molecule has 0 amide bonds. The first kappa shape index (κ1) is 6.27. The standard InChI is InChI=1S/C7H7N3O/c1-4-6-5(2)10-11-7(6)9-3-8-4/h3H,1-2H3. The van der Waals surface area contributed by atoms with Crippen LogP contribution in [0, 0.1) is 13.8 Å². The van der Waals surface area contributed by atoms with Crippen LogP contribution < -0.4 is 0 Å². The quantitative estimate of drug-likeness (QED) is 0.565. The summed E-state index contributed by atoms with van der Waals surface area (Å²) in [6.45, 7) is 3.79. The second-order valence-corrected chi connectivity index (χ2v) is 2.41. The lowest BCUT2D eigenvalue weighted by molar-refractivity contribution is 0.442. The van der Waals surface area contributed by atoms with Crippen LogP contribution in [0.2, 0.25) is 0 Å². The van der Waals surface area contributed by atoms with E-state index in [4.69, 9.17) is 4.52 Å². The molecule has 0 aliphatic heterocycles. The highest BCUT2D eigenvalue weighted by molar-refractivity contribution is 5.77. The molecular formula is C7H7N3O. The first-order chi connectivity index (χ1) is 5.29. The molecule has 0 aliphatic rings. The molecule has 4 nitrogen and oxygen atoms in total. The smallest absolute Gasteiger partial charge is 0.261 e. The van der Waals surface area contributed by atoms with Crippen LogP contribution in [0.1, 0.15) is 11.4 Å². The van der Waals surface area contributed by atoms with E-state index in [0.29, 0.717) is 5.71 Å². The van der Waals surface area contributed by atoms with Gasteiger partial charge < -0.3 is 4.52 Å². The van der Waals surface area contributed by atoms with Gasteiger partial charge >= 0.3 is 0 Å². The Kier molecular flexibility index (Phi) is 1.15. The summed E-state index contributed by atoms with van der Waals surface area (Å²) in [5.41, 5.74) is 2.32. The molecule has 11 heavy (non-hydrogen) atoms. The van der Waals surface area contributed by atoms with E-state index in [1.807, 2.05) is 13.8 Å². The van der Waals surface area contributed by atoms with E-state index in [9.17, 15) is 0 Å². The zero-order valence-corrected chi connectivity index (χ0v) is 6.33. The zero-order valence-electron chi connectivity index (χ0n) is 6.33. The van der Waals surface area contributed by atoms with E-state index < -0.39 is 0 Å². The lowest BCUT2D eigenvalue weighted by Gasteiger charge is -1.89. The van der Waals surface area contributed by atoms with Crippen molar-refractivity contribution in [1.29, 1.82) is 0 Å². The van der Waals surface area contributed by atoms with E-state index >= 15 is 0 Å². The molecule has 0 fully saturated rings. The third-order valence-electron chi connectivity index (χ3n) is 1.63. The SMILES string of the molecule is Cc1ncnc2onc(C)c12. The van der Waals surface area contributed by atoms with Crippen molar-refractivity contribution in [3.63, 3.8) is 0 Å². The molecule has 0 unspecified atom stereocenters. The molecule has 0 N–H and O–H groups in total. The number of aryl methyl sites for hydroxylation is 2. The van der Waals surface area contributed by atoms with Gasteiger partial charge in [0.1, 0.15) is 6.33 Å². The van der Waals surface area contributed by atoms with Crippen LogP contribution in [0.3, 0.4) is 0 Å². The van der Waals surface area contributed by atoms with Gasteiger partial charge in [0.15, 0.2) is 0 Å². The lowest BCUT2D eigenvalue weighted by Crippen LogP contribution is -1.84. The van der Waals surface area contributed by atoms with Gasteiger partial charge in [-0.25, -0.2) is 4.98 Å². The third kappa shape index (κ3) is 0.790. The lowest BCUT2D eigenvalue weighted by atomic mass is 10.2. The molecule has 0 spiro atoms. The molecule has 0 saturated carbocycles. The van der Waals surface area contributed by atoms with Crippen molar-refractivity contribution in [3.05, 3.63) is 17.7 Å². The first-order valence-electron chi connectivity index (χ1n) is 3.32. The maximum Gasteiger partial charge on any atom is 0.261 e. The van der Waals surface area contributed by atoms with E-state index in [-0.39, 0.29) is 0 Å². The predicted octanol–water partition coefficient (Wildman–Crippen LogP) is 1.23. The summed E-state index contributed by atoms with van der Waals surface area (Å²) >= 11 is 0. The van der Waals surface area contributed by atoms with Crippen molar-refractivity contribution in [2.75, 3.05) is 0 Å². The van der Waals surface area contributed by atoms with Gasteiger partial charge in [0.2, 0.25) is 0 Å². The van der Waals surface area contributed by atoms with Crippen LogP contribution in [0.15, 0.2) is 10.9 Å². The molecule has 0 aromatic carbocycles. The largest absolute Gasteiger partial charge is 0.335 e. The van der Waals surface area contributed by atoms with Crippen molar-refractivity contribution >= 4 is 11.1 Å². The number of rotatable bonds is 0. The molecular weight excluding hydrogens is 142 g/mol. The monoisotopic (exact) mass is 149 g/mol. The maximum atomic E-state index is 4.93. The third-order valence-corrected chi connectivity index (χ3v) is 1.63. The number of hydrogen-bond acceptors (Lipinski definition) is 4. The topological polar surface area (TPSA) is 51.8 Å². The molecule has 2 aromatic heterocycles. The molecule has 2 rings (SSSR count). The van der Waals surface area contributed by atoms with Crippen LogP contribution in [0.25, 0.3) is 11.1 Å². The molecule has 0 aliphatic carbocycles. The fourth-order valence-corrected chi connectivity index (χ4v) is 1.09. The van der Waals surface area contributed by atoms with Gasteiger partial charge in [-0.05, 0) is 13.8 Å². The average molecular weight is 149 g/mol. The fraction of sp³-hybridized carbons (Fsp3) is 0.286. The zero-order chi connectivity index (χ0) is 7.84. The maximum absolute atomic E-state index is 4.93. The molecule has 0 bridgehead atoms. The van der Waals surface area contributed by atoms with Gasteiger partial charge in [-0.15, -0.1) is 0 Å². The minimum atomic E-state index is 0.565. The van der Waals surface area contributed by atoms with Crippen molar-refractivity contribution in [3.8, 4) is 0 Å². The van der Waals surface area contributed by atoms with Crippen molar-refractivity contribution < 1.29 is 4.52 Å². The minimum Gasteiger partial charge on any atom is -0.335 e. The van der Waals surface area contributed by atoms with Gasteiger partial charge in [-0.1, -0.05) is 5.16 Å². The molecule has 2 heterocycles. The highest BCUT2D eigenvalue weighted by atomic mass is 16.5. The highest BCUT2D eigenvalue weighted by Crippen LogP contribution is 2.16. The normalized spacial score (nSPS) is 10.7. The van der Waals surface area contributed by atoms with Crippen LogP contribution >= 0.6 is 0 Å². The molecule has 0 radical (unpaired) electrons. The van der Waals surface area contributed by atoms with Crippen molar-refractivity contribution in [2.45, 2.75) is 13.8 Å². The Balaban J connectivity index is 2.96. The summed E-state index contributed by atoms with van der Waals surface area (Å²) in [5, 5.41) is 4.70. The number of nitrogens with zero attached hydrogens (tertiary/aromatic N) is 3. The van der Waals surface area contributed by atoms with Crippen LogP contribution in [0.5, 0.6) is 0 Å². The summed E-state index contributed by atoms with van der Waals surface area (Å²) in [4.78, 5) is 7.95. The number of aromatic nitrogens is 3. The summed E-state index contributed by atoms with van der Waals surface area (Å²) in [7, 11) is 0. The van der Waals surface area contributed by atoms with Gasteiger partial charge in [0.05, 0.1) is 16.8 Å². The van der Waals surface area contributed by atoms with Gasteiger partial charge in [-0.2, -0.15) is 4.98 Å². The Hall–Kier alpha value is -1.45. The van der Waals surface area contributed by atoms with Gasteiger partial charge in [0.25, 0.3) is 5.71 Å². The van der Waals surface area contributed by atoms with E-state index in [1.165, 1.54) is 6.33 Å². The molecule has 0 saturated heterocycles. The van der Waals surface area contributed by atoms with Crippen LogP contribution in [-0.4, -0.2) is 15.1 Å². The molecule has 0 atom stereocenters. The number of hydrogen-bond donors (Lipinski definition) is 0. The Morgan fingerprint density at radius 3 is 2.73 bits per heavy atom. The van der Waals surface area contributed by atoms with Gasteiger partial charge in [0, 0.05) is 0 Å². The van der Waals surface area contributed by atoms with Crippen molar-refractivity contribution in [2.24, 2.45) is 0 Å². The Bertz CT molecular complexity index is 393. The van der Waals surface area contributed by atoms with Gasteiger partial charge in [-0.3, -0.25) is 0 Å². The minimum absolute atomic E-state index is 0.565. The Morgan fingerprint density at radius 1 is 1.18 bits per heavy atom. The second-order valence-electron chi connectivity index (χ2n) is 2.41.